The van der Waals surface area contributed by atoms with Crippen molar-refractivity contribution in [2.24, 2.45) is 0 Å². The lowest BCUT2D eigenvalue weighted by molar-refractivity contribution is 0.0755. The van der Waals surface area contributed by atoms with Gasteiger partial charge >= 0.3 is 0 Å². The number of aliphatic hydroxyl groups excluding tert-OH is 1. The molecule has 0 saturated carbocycles. The molecule has 0 spiro atoms. The maximum atomic E-state index is 12.4. The molecule has 0 radical (unpaired) electrons. The van der Waals surface area contributed by atoms with Crippen molar-refractivity contribution in [1.29, 1.82) is 0 Å². The van der Waals surface area contributed by atoms with Gasteiger partial charge in [0.2, 0.25) is 0 Å². The lowest BCUT2D eigenvalue weighted by atomic mass is 10.2. The average molecular weight is 306 g/mol. The van der Waals surface area contributed by atoms with E-state index >= 15 is 0 Å². The van der Waals surface area contributed by atoms with Gasteiger partial charge in [-0.1, -0.05) is 18.8 Å². The summed E-state index contributed by atoms with van der Waals surface area (Å²) < 4.78 is 0. The zero-order valence-corrected chi connectivity index (χ0v) is 13.4. The van der Waals surface area contributed by atoms with E-state index in [1.54, 1.807) is 6.07 Å². The van der Waals surface area contributed by atoms with Crippen molar-refractivity contribution in [1.82, 2.24) is 9.80 Å². The van der Waals surface area contributed by atoms with E-state index in [0.717, 1.165) is 24.5 Å². The van der Waals surface area contributed by atoms with Crippen molar-refractivity contribution in [3.8, 4) is 11.8 Å². The maximum Gasteiger partial charge on any atom is 0.254 e. The minimum Gasteiger partial charge on any atom is -0.384 e. The largest absolute Gasteiger partial charge is 0.384 e. The third-order valence-corrected chi connectivity index (χ3v) is 4.72. The minimum atomic E-state index is -0.157. The zero-order chi connectivity index (χ0) is 15.2. The van der Waals surface area contributed by atoms with Gasteiger partial charge < -0.3 is 10.0 Å². The molecule has 0 aromatic carbocycles. The Bertz CT molecular complexity index is 544. The third-order valence-electron chi connectivity index (χ3n) is 3.87. The molecule has 4 nitrogen and oxygen atoms in total. The van der Waals surface area contributed by atoms with Crippen LogP contribution in [0.3, 0.4) is 0 Å². The lowest BCUT2D eigenvalue weighted by Gasteiger charge is -2.27. The Kier molecular flexibility index (Phi) is 5.80. The highest BCUT2D eigenvalue weighted by Gasteiger charge is 2.26. The van der Waals surface area contributed by atoms with Crippen LogP contribution in [0.4, 0.5) is 0 Å². The fourth-order valence-corrected chi connectivity index (χ4v) is 3.53. The number of carbonyl (C=O) groups excluding carboxylic acids is 1. The van der Waals surface area contributed by atoms with Crippen molar-refractivity contribution in [2.75, 3.05) is 33.3 Å². The van der Waals surface area contributed by atoms with Crippen molar-refractivity contribution in [3.05, 3.63) is 21.9 Å². The summed E-state index contributed by atoms with van der Waals surface area (Å²) in [5, 5.41) is 10.5. The van der Waals surface area contributed by atoms with Crippen molar-refractivity contribution in [3.63, 3.8) is 0 Å². The number of thiophene rings is 1. The predicted octanol–water partition coefficient (Wildman–Crippen LogP) is 1.65. The fourth-order valence-electron chi connectivity index (χ4n) is 2.78. The van der Waals surface area contributed by atoms with Crippen LogP contribution in [0.1, 0.15) is 35.0 Å². The van der Waals surface area contributed by atoms with Crippen molar-refractivity contribution >= 4 is 17.2 Å². The Labute approximate surface area is 130 Å². The summed E-state index contributed by atoms with van der Waals surface area (Å²) in [6, 6.07) is 2.29. The molecule has 21 heavy (non-hydrogen) atoms. The maximum absolute atomic E-state index is 12.4. The highest BCUT2D eigenvalue weighted by molar-refractivity contribution is 7.10. The molecule has 1 fully saturated rings. The average Bonchev–Trinajstić information content (AvgIpc) is 3.13. The van der Waals surface area contributed by atoms with E-state index < -0.39 is 0 Å². The summed E-state index contributed by atoms with van der Waals surface area (Å²) >= 11 is 1.44. The van der Waals surface area contributed by atoms with Gasteiger partial charge in [-0.05, 0) is 32.0 Å². The SMILES string of the molecule is CCN1CCCC1CN(C)C(=O)c1csc(C#CCO)c1. The second kappa shape index (κ2) is 7.60. The number of aliphatic hydroxyl groups is 1. The summed E-state index contributed by atoms with van der Waals surface area (Å²) in [5.74, 6) is 5.49. The molecule has 1 saturated heterocycles. The first-order valence-electron chi connectivity index (χ1n) is 7.33. The molecular weight excluding hydrogens is 284 g/mol. The molecule has 5 heteroatoms. The van der Waals surface area contributed by atoms with Crippen LogP contribution in [0.5, 0.6) is 0 Å². The molecule has 1 aliphatic rings. The second-order valence-corrected chi connectivity index (χ2v) is 6.18. The summed E-state index contributed by atoms with van der Waals surface area (Å²) in [6.07, 6.45) is 2.39. The van der Waals surface area contributed by atoms with Crippen LogP contribution in [0.25, 0.3) is 0 Å². The zero-order valence-electron chi connectivity index (χ0n) is 12.6. The molecule has 1 aromatic heterocycles. The Morgan fingerprint density at radius 1 is 1.62 bits per heavy atom. The van der Waals surface area contributed by atoms with Gasteiger partial charge in [0, 0.05) is 25.0 Å². The molecule has 1 N–H and O–H groups in total. The van der Waals surface area contributed by atoms with Crippen molar-refractivity contribution < 1.29 is 9.90 Å². The van der Waals surface area contributed by atoms with E-state index in [9.17, 15) is 4.79 Å². The van der Waals surface area contributed by atoms with Gasteiger partial charge in [-0.25, -0.2) is 0 Å². The van der Waals surface area contributed by atoms with E-state index in [-0.39, 0.29) is 12.5 Å². The molecule has 2 heterocycles. The number of nitrogens with zero attached hydrogens (tertiary/aromatic N) is 2. The van der Waals surface area contributed by atoms with Crippen LogP contribution in [-0.2, 0) is 0 Å². The van der Waals surface area contributed by atoms with Gasteiger partial charge in [-0.15, -0.1) is 11.3 Å². The topological polar surface area (TPSA) is 43.8 Å². The molecule has 1 aromatic rings. The van der Waals surface area contributed by atoms with E-state index in [4.69, 9.17) is 5.11 Å². The van der Waals surface area contributed by atoms with Crippen LogP contribution < -0.4 is 0 Å². The molecule has 1 aliphatic heterocycles. The first-order valence-corrected chi connectivity index (χ1v) is 8.21. The van der Waals surface area contributed by atoms with E-state index in [2.05, 4.69) is 23.7 Å². The Morgan fingerprint density at radius 2 is 2.43 bits per heavy atom. The molecule has 0 bridgehead atoms. The number of rotatable bonds is 4. The lowest BCUT2D eigenvalue weighted by Crippen LogP contribution is -2.41. The number of hydrogen-bond acceptors (Lipinski definition) is 4. The number of hydrogen-bond donors (Lipinski definition) is 1. The normalized spacial score (nSPS) is 18.3. The van der Waals surface area contributed by atoms with Crippen LogP contribution in [0.2, 0.25) is 0 Å². The van der Waals surface area contributed by atoms with Gasteiger partial charge in [-0.3, -0.25) is 9.69 Å². The first kappa shape index (κ1) is 16.0. The highest BCUT2D eigenvalue weighted by Crippen LogP contribution is 2.19. The Morgan fingerprint density at radius 3 is 3.14 bits per heavy atom. The molecule has 0 aliphatic carbocycles. The summed E-state index contributed by atoms with van der Waals surface area (Å²) in [4.78, 5) is 17.5. The standard InChI is InChI=1S/C16H22N2O2S/c1-3-18-8-4-6-14(18)11-17(2)16(20)13-10-15(21-12-13)7-5-9-19/h10,12,14,19H,3-4,6,8-9,11H2,1-2H3. The second-order valence-electron chi connectivity index (χ2n) is 5.27. The van der Waals surface area contributed by atoms with Gasteiger partial charge in [-0.2, -0.15) is 0 Å². The summed E-state index contributed by atoms with van der Waals surface area (Å²) in [6.45, 7) is 4.98. The minimum absolute atomic E-state index is 0.0475. The number of likely N-dealkylation sites (tertiary alicyclic amines) is 1. The van der Waals surface area contributed by atoms with Crippen LogP contribution in [0.15, 0.2) is 11.4 Å². The molecule has 1 unspecified atom stereocenters. The number of amides is 1. The van der Waals surface area contributed by atoms with Gasteiger partial charge in [0.25, 0.3) is 5.91 Å². The Balaban J connectivity index is 1.97. The predicted molar refractivity (Wildman–Crippen MR) is 85.5 cm³/mol. The monoisotopic (exact) mass is 306 g/mol. The van der Waals surface area contributed by atoms with Gasteiger partial charge in [0.15, 0.2) is 0 Å². The molecule has 2 rings (SSSR count). The Hall–Kier alpha value is -1.35. The molecule has 1 atom stereocenters. The highest BCUT2D eigenvalue weighted by atomic mass is 32.1. The van der Waals surface area contributed by atoms with Crippen LogP contribution in [-0.4, -0.2) is 60.1 Å². The smallest absolute Gasteiger partial charge is 0.254 e. The van der Waals surface area contributed by atoms with E-state index in [1.165, 1.54) is 24.2 Å². The first-order chi connectivity index (χ1) is 10.2. The van der Waals surface area contributed by atoms with E-state index in [1.807, 2.05) is 17.3 Å². The van der Waals surface area contributed by atoms with Gasteiger partial charge in [0.05, 0.1) is 10.4 Å². The molecular formula is C16H22N2O2S. The number of carbonyl (C=O) groups is 1. The molecule has 1 amide bonds. The third kappa shape index (κ3) is 4.07. The van der Waals surface area contributed by atoms with Crippen LogP contribution in [0, 0.1) is 11.8 Å². The van der Waals surface area contributed by atoms with Crippen molar-refractivity contribution in [2.45, 2.75) is 25.8 Å². The number of likely N-dealkylation sites (N-methyl/N-ethyl adjacent to an activating group) is 2. The van der Waals surface area contributed by atoms with Gasteiger partial charge in [0.1, 0.15) is 6.61 Å². The summed E-state index contributed by atoms with van der Waals surface area (Å²) in [7, 11) is 1.87. The quantitative estimate of drug-likeness (QED) is 0.860. The summed E-state index contributed by atoms with van der Waals surface area (Å²) in [5.41, 5.74) is 0.686. The van der Waals surface area contributed by atoms with E-state index in [0.29, 0.717) is 11.6 Å². The van der Waals surface area contributed by atoms with Crippen LogP contribution >= 0.6 is 11.3 Å². The molecule has 114 valence electrons. The fraction of sp³-hybridized carbons (Fsp3) is 0.562.